The van der Waals surface area contributed by atoms with E-state index in [1.807, 2.05) is 0 Å². The molecule has 0 aromatic rings. The molecule has 0 bridgehead atoms. The van der Waals surface area contributed by atoms with Crippen LogP contribution in [0.15, 0.2) is 12.2 Å². The van der Waals surface area contributed by atoms with Gasteiger partial charge in [0.25, 0.3) is 0 Å². The maximum absolute atomic E-state index is 10.1. The van der Waals surface area contributed by atoms with Gasteiger partial charge < -0.3 is 10.8 Å². The summed E-state index contributed by atoms with van der Waals surface area (Å²) in [7, 11) is 0. The summed E-state index contributed by atoms with van der Waals surface area (Å²) < 4.78 is 0. The second-order valence-electron chi connectivity index (χ2n) is 1.44. The molecule has 1 amide bonds. The molecule has 4 heteroatoms. The summed E-state index contributed by atoms with van der Waals surface area (Å²) >= 11 is 0. The van der Waals surface area contributed by atoms with Crippen molar-refractivity contribution in [3.8, 4) is 0 Å². The molecule has 0 aliphatic carbocycles. The number of carbonyl (C=O) groups excluding carboxylic acids is 1. The predicted octanol–water partition coefficient (Wildman–Crippen LogP) is -0.971. The molecule has 9 heavy (non-hydrogen) atoms. The van der Waals surface area contributed by atoms with Crippen LogP contribution >= 0.6 is 0 Å². The summed E-state index contributed by atoms with van der Waals surface area (Å²) in [6.07, 6.45) is 0.273. The molecule has 0 atom stereocenters. The zero-order chi connectivity index (χ0) is 6.57. The number of primary amides is 1. The fourth-order valence-electron chi connectivity index (χ4n) is 0.258. The minimum atomic E-state index is -0.543. The summed E-state index contributed by atoms with van der Waals surface area (Å²) in [5.74, 6) is -0.543. The topological polar surface area (TPSA) is 63.3 Å². The Morgan fingerprint density at radius 1 is 1.67 bits per heavy atom. The first-order chi connectivity index (χ1) is 3.68. The molecule has 47 valence electrons. The van der Waals surface area contributed by atoms with Gasteiger partial charge in [-0.1, -0.05) is 6.58 Å². The third kappa shape index (κ3) is 6.05. The van der Waals surface area contributed by atoms with Gasteiger partial charge in [0.1, 0.15) is 0 Å². The quantitative estimate of drug-likeness (QED) is 0.389. The third-order valence-electron chi connectivity index (χ3n) is 0.762. The van der Waals surface area contributed by atoms with Crippen LogP contribution in [0.4, 0.5) is 0 Å². The van der Waals surface area contributed by atoms with Crippen LogP contribution in [0, 0.1) is 0 Å². The van der Waals surface area contributed by atoms with E-state index in [0.717, 1.165) is 0 Å². The minimum absolute atomic E-state index is 0. The maximum atomic E-state index is 10.1. The SMILES string of the molecule is C=C(CCO)C(N)=O.[Na]. The molecule has 1 radical (unpaired) electrons. The second-order valence-corrected chi connectivity index (χ2v) is 1.44. The van der Waals surface area contributed by atoms with Crippen molar-refractivity contribution < 1.29 is 9.90 Å². The fraction of sp³-hybridized carbons (Fsp3) is 0.400. The van der Waals surface area contributed by atoms with Crippen LogP contribution in [-0.2, 0) is 4.79 Å². The van der Waals surface area contributed by atoms with Crippen molar-refractivity contribution in [2.45, 2.75) is 6.42 Å². The van der Waals surface area contributed by atoms with Gasteiger partial charge in [0.2, 0.25) is 5.91 Å². The van der Waals surface area contributed by atoms with E-state index in [4.69, 9.17) is 10.8 Å². The van der Waals surface area contributed by atoms with E-state index in [0.29, 0.717) is 0 Å². The van der Waals surface area contributed by atoms with Gasteiger partial charge in [-0.15, -0.1) is 0 Å². The van der Waals surface area contributed by atoms with Crippen molar-refractivity contribution in [1.82, 2.24) is 0 Å². The Morgan fingerprint density at radius 3 is 2.22 bits per heavy atom. The summed E-state index contributed by atoms with van der Waals surface area (Å²) in [4.78, 5) is 10.1. The zero-order valence-corrected chi connectivity index (χ0v) is 7.55. The van der Waals surface area contributed by atoms with E-state index in [1.54, 1.807) is 0 Å². The van der Waals surface area contributed by atoms with Crippen molar-refractivity contribution in [3.63, 3.8) is 0 Å². The second kappa shape index (κ2) is 6.29. The molecule has 0 aromatic heterocycles. The standard InChI is InChI=1S/C5H9NO2.Na/c1-4(2-3-7)5(6)8;/h7H,1-3H2,(H2,6,8);. The summed E-state index contributed by atoms with van der Waals surface area (Å²) in [5, 5.41) is 8.22. The molecule has 0 aliphatic heterocycles. The Hall–Kier alpha value is 0.170. The van der Waals surface area contributed by atoms with Gasteiger partial charge in [-0.25, -0.2) is 0 Å². The molecule has 0 heterocycles. The molecule has 0 spiro atoms. The van der Waals surface area contributed by atoms with Crippen LogP contribution in [0.1, 0.15) is 6.42 Å². The Kier molecular flexibility index (Phi) is 8.32. The van der Waals surface area contributed by atoms with Gasteiger partial charge in [0, 0.05) is 48.2 Å². The first-order valence-electron chi connectivity index (χ1n) is 2.27. The number of hydrogen-bond acceptors (Lipinski definition) is 2. The molecular weight excluding hydrogens is 129 g/mol. The zero-order valence-electron chi connectivity index (χ0n) is 5.55. The Balaban J connectivity index is 0. The number of amides is 1. The monoisotopic (exact) mass is 138 g/mol. The number of aliphatic hydroxyl groups excluding tert-OH is 1. The van der Waals surface area contributed by atoms with Crippen LogP contribution in [0.2, 0.25) is 0 Å². The molecule has 0 aromatic carbocycles. The van der Waals surface area contributed by atoms with Gasteiger partial charge in [-0.05, 0) is 0 Å². The average molecular weight is 138 g/mol. The van der Waals surface area contributed by atoms with Crippen molar-refractivity contribution in [2.75, 3.05) is 6.61 Å². The molecule has 0 fully saturated rings. The van der Waals surface area contributed by atoms with Crippen molar-refractivity contribution in [2.24, 2.45) is 5.73 Å². The summed E-state index contributed by atoms with van der Waals surface area (Å²) in [6, 6.07) is 0. The fourth-order valence-corrected chi connectivity index (χ4v) is 0.258. The van der Waals surface area contributed by atoms with E-state index in [9.17, 15) is 4.79 Å². The predicted molar refractivity (Wildman–Crippen MR) is 35.8 cm³/mol. The van der Waals surface area contributed by atoms with Crippen molar-refractivity contribution >= 4 is 35.5 Å². The first-order valence-corrected chi connectivity index (χ1v) is 2.27. The largest absolute Gasteiger partial charge is 0.396 e. The Bertz CT molecular complexity index is 114. The third-order valence-corrected chi connectivity index (χ3v) is 0.762. The number of aliphatic hydroxyl groups is 1. The smallest absolute Gasteiger partial charge is 0.244 e. The van der Waals surface area contributed by atoms with Crippen LogP contribution in [-0.4, -0.2) is 47.2 Å². The molecule has 0 saturated heterocycles. The van der Waals surface area contributed by atoms with Crippen LogP contribution in [0.25, 0.3) is 0 Å². The van der Waals surface area contributed by atoms with E-state index < -0.39 is 5.91 Å². The van der Waals surface area contributed by atoms with Crippen molar-refractivity contribution in [3.05, 3.63) is 12.2 Å². The molecular formula is C5H9NNaO2. The van der Waals surface area contributed by atoms with E-state index in [-0.39, 0.29) is 48.2 Å². The Labute approximate surface area is 76.2 Å². The number of nitrogens with two attached hydrogens (primary N) is 1. The van der Waals surface area contributed by atoms with Gasteiger partial charge in [-0.3, -0.25) is 4.79 Å². The molecule has 3 N–H and O–H groups in total. The maximum Gasteiger partial charge on any atom is 0.244 e. The molecule has 0 rings (SSSR count). The van der Waals surface area contributed by atoms with E-state index in [2.05, 4.69) is 6.58 Å². The molecule has 0 unspecified atom stereocenters. The van der Waals surface area contributed by atoms with Crippen molar-refractivity contribution in [1.29, 1.82) is 0 Å². The van der Waals surface area contributed by atoms with Gasteiger partial charge in [-0.2, -0.15) is 0 Å². The summed E-state index contributed by atoms with van der Waals surface area (Å²) in [5.41, 5.74) is 5.04. The van der Waals surface area contributed by atoms with Crippen LogP contribution in [0.5, 0.6) is 0 Å². The normalized spacial score (nSPS) is 7.67. The minimum Gasteiger partial charge on any atom is -0.396 e. The van der Waals surface area contributed by atoms with E-state index >= 15 is 0 Å². The summed E-state index contributed by atoms with van der Waals surface area (Å²) in [6.45, 7) is 3.24. The molecule has 0 saturated carbocycles. The number of rotatable bonds is 3. The first kappa shape index (κ1) is 11.9. The Morgan fingerprint density at radius 2 is 2.11 bits per heavy atom. The molecule has 0 aliphatic rings. The van der Waals surface area contributed by atoms with Gasteiger partial charge >= 0.3 is 0 Å². The number of carbonyl (C=O) groups is 1. The van der Waals surface area contributed by atoms with Gasteiger partial charge in [0.15, 0.2) is 0 Å². The van der Waals surface area contributed by atoms with Crippen LogP contribution < -0.4 is 5.73 Å². The van der Waals surface area contributed by atoms with Crippen LogP contribution in [0.3, 0.4) is 0 Å². The average Bonchev–Trinajstić information content (AvgIpc) is 1.67. The van der Waals surface area contributed by atoms with Gasteiger partial charge in [0.05, 0.1) is 0 Å². The molecule has 3 nitrogen and oxygen atoms in total. The number of hydrogen-bond donors (Lipinski definition) is 2. The van der Waals surface area contributed by atoms with E-state index in [1.165, 1.54) is 0 Å².